The molecule has 0 fully saturated rings. The predicted octanol–water partition coefficient (Wildman–Crippen LogP) is 3.34. The third-order valence-corrected chi connectivity index (χ3v) is 4.93. The van der Waals surface area contributed by atoms with Gasteiger partial charge in [0.1, 0.15) is 0 Å². The number of benzene rings is 1. The second kappa shape index (κ2) is 8.24. The van der Waals surface area contributed by atoms with Crippen LogP contribution in [0.15, 0.2) is 27.1 Å². The summed E-state index contributed by atoms with van der Waals surface area (Å²) >= 11 is 6.64. The molecule has 2 N–H and O–H groups in total. The highest BCUT2D eigenvalue weighted by atomic mass is 79.9. The standard InChI is InChI=1S/C12H18Br2N2O2S/c1-2-6-15-7-3-8-19(17,18)16-12-9-10(13)4-5-11(12)14/h4-5,9,15-16H,2-3,6-8H2,1H3. The van der Waals surface area contributed by atoms with Crippen molar-refractivity contribution in [1.82, 2.24) is 5.32 Å². The Hall–Kier alpha value is -0.110. The number of anilines is 1. The minimum Gasteiger partial charge on any atom is -0.317 e. The van der Waals surface area contributed by atoms with Crippen molar-refractivity contribution in [3.63, 3.8) is 0 Å². The van der Waals surface area contributed by atoms with E-state index in [1.165, 1.54) is 0 Å². The van der Waals surface area contributed by atoms with E-state index in [9.17, 15) is 8.42 Å². The number of halogens is 2. The van der Waals surface area contributed by atoms with Gasteiger partial charge in [0.2, 0.25) is 10.0 Å². The quantitative estimate of drug-likeness (QED) is 0.642. The first-order valence-electron chi connectivity index (χ1n) is 6.11. The van der Waals surface area contributed by atoms with Crippen LogP contribution < -0.4 is 10.0 Å². The highest BCUT2D eigenvalue weighted by molar-refractivity contribution is 9.11. The molecule has 0 spiro atoms. The molecule has 0 bridgehead atoms. The molecule has 0 aliphatic heterocycles. The molecule has 1 aromatic rings. The maximum Gasteiger partial charge on any atom is 0.232 e. The minimum atomic E-state index is -3.30. The van der Waals surface area contributed by atoms with Gasteiger partial charge in [0, 0.05) is 8.95 Å². The van der Waals surface area contributed by atoms with Crippen molar-refractivity contribution in [2.75, 3.05) is 23.6 Å². The maximum atomic E-state index is 11.9. The molecule has 0 saturated carbocycles. The monoisotopic (exact) mass is 412 g/mol. The van der Waals surface area contributed by atoms with Crippen molar-refractivity contribution in [1.29, 1.82) is 0 Å². The molecular weight excluding hydrogens is 396 g/mol. The number of hydrogen-bond acceptors (Lipinski definition) is 3. The lowest BCUT2D eigenvalue weighted by atomic mass is 10.3. The van der Waals surface area contributed by atoms with Crippen LogP contribution in [0.3, 0.4) is 0 Å². The summed E-state index contributed by atoms with van der Waals surface area (Å²) in [6, 6.07) is 5.37. The highest BCUT2D eigenvalue weighted by Crippen LogP contribution is 2.27. The fourth-order valence-electron chi connectivity index (χ4n) is 1.48. The Morgan fingerprint density at radius 1 is 1.21 bits per heavy atom. The molecule has 7 heteroatoms. The third kappa shape index (κ3) is 6.74. The summed E-state index contributed by atoms with van der Waals surface area (Å²) in [4.78, 5) is 0. The fraction of sp³-hybridized carbons (Fsp3) is 0.500. The molecule has 1 aromatic carbocycles. The van der Waals surface area contributed by atoms with Crippen molar-refractivity contribution in [2.45, 2.75) is 19.8 Å². The number of rotatable bonds is 8. The summed E-state index contributed by atoms with van der Waals surface area (Å²) in [5.74, 6) is 0.114. The van der Waals surface area contributed by atoms with E-state index in [1.54, 1.807) is 12.1 Å². The molecular formula is C12H18Br2N2O2S. The summed E-state index contributed by atoms with van der Waals surface area (Å²) in [5.41, 5.74) is 0.552. The van der Waals surface area contributed by atoms with Crippen molar-refractivity contribution in [3.8, 4) is 0 Å². The van der Waals surface area contributed by atoms with Crippen LogP contribution in [0.1, 0.15) is 19.8 Å². The zero-order chi connectivity index (χ0) is 14.3. The van der Waals surface area contributed by atoms with Gasteiger partial charge >= 0.3 is 0 Å². The Morgan fingerprint density at radius 2 is 1.95 bits per heavy atom. The zero-order valence-electron chi connectivity index (χ0n) is 10.7. The van der Waals surface area contributed by atoms with Crippen LogP contribution in [0, 0.1) is 0 Å². The van der Waals surface area contributed by atoms with Crippen LogP contribution in [-0.4, -0.2) is 27.3 Å². The summed E-state index contributed by atoms with van der Waals surface area (Å²) in [5, 5.41) is 3.18. The molecule has 0 unspecified atom stereocenters. The molecule has 4 nitrogen and oxygen atoms in total. The summed E-state index contributed by atoms with van der Waals surface area (Å²) in [6.45, 7) is 3.72. The van der Waals surface area contributed by atoms with E-state index in [2.05, 4.69) is 48.8 Å². The van der Waals surface area contributed by atoms with E-state index in [1.807, 2.05) is 6.07 Å². The predicted molar refractivity (Wildman–Crippen MR) is 87.0 cm³/mol. The average molecular weight is 414 g/mol. The Labute approximate surface area is 131 Å². The van der Waals surface area contributed by atoms with Crippen LogP contribution in [0.2, 0.25) is 0 Å². The van der Waals surface area contributed by atoms with Crippen molar-refractivity contribution in [3.05, 3.63) is 27.1 Å². The van der Waals surface area contributed by atoms with Gasteiger partial charge in [0.25, 0.3) is 0 Å². The van der Waals surface area contributed by atoms with Gasteiger partial charge in [-0.1, -0.05) is 22.9 Å². The first-order valence-corrected chi connectivity index (χ1v) is 9.34. The van der Waals surface area contributed by atoms with E-state index in [0.29, 0.717) is 18.7 Å². The van der Waals surface area contributed by atoms with Crippen molar-refractivity contribution in [2.24, 2.45) is 0 Å². The molecule has 108 valence electrons. The van der Waals surface area contributed by atoms with Crippen LogP contribution in [0.25, 0.3) is 0 Å². The van der Waals surface area contributed by atoms with Crippen molar-refractivity contribution >= 4 is 47.6 Å². The second-order valence-corrected chi connectivity index (χ2v) is 7.76. The van der Waals surface area contributed by atoms with E-state index >= 15 is 0 Å². The van der Waals surface area contributed by atoms with Gasteiger partial charge in [-0.05, 0) is 60.1 Å². The van der Waals surface area contributed by atoms with Gasteiger partial charge in [0.15, 0.2) is 0 Å². The molecule has 0 aromatic heterocycles. The van der Waals surface area contributed by atoms with E-state index in [4.69, 9.17) is 0 Å². The third-order valence-electron chi connectivity index (χ3n) is 2.39. The van der Waals surface area contributed by atoms with Gasteiger partial charge < -0.3 is 5.32 Å². The zero-order valence-corrected chi connectivity index (χ0v) is 14.7. The largest absolute Gasteiger partial charge is 0.317 e. The molecule has 0 atom stereocenters. The molecule has 0 radical (unpaired) electrons. The number of hydrogen-bond donors (Lipinski definition) is 2. The first-order chi connectivity index (χ1) is 8.94. The van der Waals surface area contributed by atoms with Gasteiger partial charge in [-0.25, -0.2) is 8.42 Å². The topological polar surface area (TPSA) is 58.2 Å². The first kappa shape index (κ1) is 16.9. The Balaban J connectivity index is 2.52. The number of nitrogens with one attached hydrogen (secondary N) is 2. The normalized spacial score (nSPS) is 11.5. The average Bonchev–Trinajstić information content (AvgIpc) is 2.33. The summed E-state index contributed by atoms with van der Waals surface area (Å²) in [7, 11) is -3.30. The SMILES string of the molecule is CCCNCCCS(=O)(=O)Nc1cc(Br)ccc1Br. The van der Waals surface area contributed by atoms with Gasteiger partial charge in [-0.2, -0.15) is 0 Å². The van der Waals surface area contributed by atoms with Crippen LogP contribution in [-0.2, 0) is 10.0 Å². The van der Waals surface area contributed by atoms with E-state index in [0.717, 1.165) is 21.9 Å². The lowest BCUT2D eigenvalue weighted by Gasteiger charge is -2.10. The Bertz CT molecular complexity index is 506. The number of sulfonamides is 1. The lowest BCUT2D eigenvalue weighted by molar-refractivity contribution is 0.593. The van der Waals surface area contributed by atoms with Gasteiger partial charge in [-0.15, -0.1) is 0 Å². The summed E-state index contributed by atoms with van der Waals surface area (Å²) < 4.78 is 28.0. The minimum absolute atomic E-state index is 0.114. The Morgan fingerprint density at radius 3 is 2.63 bits per heavy atom. The van der Waals surface area contributed by atoms with Gasteiger partial charge in [-0.3, -0.25) is 4.72 Å². The molecule has 0 saturated heterocycles. The molecule has 0 aliphatic rings. The van der Waals surface area contributed by atoms with Gasteiger partial charge in [0.05, 0.1) is 11.4 Å². The molecule has 0 heterocycles. The highest BCUT2D eigenvalue weighted by Gasteiger charge is 2.12. The molecule has 0 aliphatic carbocycles. The fourth-order valence-corrected chi connectivity index (χ4v) is 3.45. The summed E-state index contributed by atoms with van der Waals surface area (Å²) in [6.07, 6.45) is 1.65. The second-order valence-electron chi connectivity index (χ2n) is 4.15. The van der Waals surface area contributed by atoms with E-state index < -0.39 is 10.0 Å². The molecule has 1 rings (SSSR count). The van der Waals surface area contributed by atoms with E-state index in [-0.39, 0.29) is 5.75 Å². The Kier molecular flexibility index (Phi) is 7.35. The smallest absolute Gasteiger partial charge is 0.232 e. The maximum absolute atomic E-state index is 11.9. The van der Waals surface area contributed by atoms with Crippen molar-refractivity contribution < 1.29 is 8.42 Å². The van der Waals surface area contributed by atoms with Crippen LogP contribution in [0.4, 0.5) is 5.69 Å². The molecule has 19 heavy (non-hydrogen) atoms. The van der Waals surface area contributed by atoms with Crippen LogP contribution >= 0.6 is 31.9 Å². The van der Waals surface area contributed by atoms with Crippen LogP contribution in [0.5, 0.6) is 0 Å². The molecule has 0 amide bonds. The lowest BCUT2D eigenvalue weighted by Crippen LogP contribution is -2.22.